The Morgan fingerprint density at radius 1 is 1.18 bits per heavy atom. The van der Waals surface area contributed by atoms with E-state index in [1.54, 1.807) is 11.8 Å². The van der Waals surface area contributed by atoms with Gasteiger partial charge in [-0.15, -0.1) is 11.8 Å². The second-order valence-electron chi connectivity index (χ2n) is 8.19. The minimum atomic E-state index is -0.242. The number of benzene rings is 1. The van der Waals surface area contributed by atoms with Crippen molar-refractivity contribution in [2.75, 3.05) is 23.7 Å². The smallest absolute Gasteiger partial charge is 0.135 e. The van der Waals surface area contributed by atoms with Crippen LogP contribution in [0.15, 0.2) is 35.4 Å². The molecule has 4 nitrogen and oxygen atoms in total. The summed E-state index contributed by atoms with van der Waals surface area (Å²) in [6.07, 6.45) is 4.15. The van der Waals surface area contributed by atoms with Crippen molar-refractivity contribution < 1.29 is 4.74 Å². The Labute approximate surface area is 171 Å². The zero-order chi connectivity index (χ0) is 19.6. The molecule has 1 fully saturated rings. The number of hydrogen-bond acceptors (Lipinski definition) is 5. The van der Waals surface area contributed by atoms with Crippen LogP contribution in [0, 0.1) is 11.3 Å². The number of nitriles is 1. The standard InChI is InChI=1S/C23H27N3OS/c1-23(2)14-18-19(15-24)22(28-13-10-17-8-4-3-5-9-17)25-21(20(18)16-27-23)26-11-6-7-12-26/h3-5,8-9H,6-7,10-14,16H2,1-2H3. The Hall–Kier alpha value is -2.03. The molecule has 0 spiro atoms. The lowest BCUT2D eigenvalue weighted by molar-refractivity contribution is -0.0401. The number of aromatic nitrogens is 1. The SMILES string of the molecule is CC1(C)Cc2c(C#N)c(SCCc3ccccc3)nc(N3CCCC3)c2CO1. The topological polar surface area (TPSA) is 49.2 Å². The summed E-state index contributed by atoms with van der Waals surface area (Å²) >= 11 is 1.71. The lowest BCUT2D eigenvalue weighted by Crippen LogP contribution is -2.34. The first-order valence-corrected chi connectivity index (χ1v) is 11.1. The molecule has 0 bridgehead atoms. The van der Waals surface area contributed by atoms with Crippen LogP contribution < -0.4 is 4.90 Å². The molecule has 146 valence electrons. The Morgan fingerprint density at radius 2 is 1.93 bits per heavy atom. The largest absolute Gasteiger partial charge is 0.370 e. The molecule has 2 aliphatic rings. The molecule has 0 N–H and O–H groups in total. The van der Waals surface area contributed by atoms with Crippen molar-refractivity contribution in [3.8, 4) is 6.07 Å². The minimum absolute atomic E-state index is 0.242. The number of thioether (sulfide) groups is 1. The van der Waals surface area contributed by atoms with Gasteiger partial charge < -0.3 is 9.64 Å². The Balaban J connectivity index is 1.66. The van der Waals surface area contributed by atoms with E-state index in [0.717, 1.165) is 59.2 Å². The minimum Gasteiger partial charge on any atom is -0.370 e. The van der Waals surface area contributed by atoms with E-state index in [-0.39, 0.29) is 5.60 Å². The summed E-state index contributed by atoms with van der Waals surface area (Å²) in [5, 5.41) is 10.8. The summed E-state index contributed by atoms with van der Waals surface area (Å²) in [5.74, 6) is 1.97. The number of aryl methyl sites for hydroxylation is 1. The van der Waals surface area contributed by atoms with Crippen LogP contribution in [0.5, 0.6) is 0 Å². The van der Waals surface area contributed by atoms with Crippen molar-refractivity contribution in [3.63, 3.8) is 0 Å². The van der Waals surface area contributed by atoms with Crippen LogP contribution in [0.2, 0.25) is 0 Å². The van der Waals surface area contributed by atoms with Gasteiger partial charge in [-0.25, -0.2) is 4.98 Å². The van der Waals surface area contributed by atoms with Crippen LogP contribution in [0.1, 0.15) is 48.9 Å². The highest BCUT2D eigenvalue weighted by Crippen LogP contribution is 2.39. The molecule has 0 atom stereocenters. The summed E-state index contributed by atoms with van der Waals surface area (Å²) in [5.41, 5.74) is 4.12. The molecule has 0 unspecified atom stereocenters. The predicted octanol–water partition coefficient (Wildman–Crippen LogP) is 4.74. The van der Waals surface area contributed by atoms with Crippen LogP contribution in [0.25, 0.3) is 0 Å². The first kappa shape index (κ1) is 19.3. The third-order valence-corrected chi connectivity index (χ3v) is 6.53. The third-order valence-electron chi connectivity index (χ3n) is 5.56. The quantitative estimate of drug-likeness (QED) is 0.687. The molecule has 0 aliphatic carbocycles. The molecule has 0 saturated carbocycles. The van der Waals surface area contributed by atoms with Crippen LogP contribution >= 0.6 is 11.8 Å². The van der Waals surface area contributed by atoms with E-state index in [4.69, 9.17) is 9.72 Å². The van der Waals surface area contributed by atoms with Gasteiger partial charge in [0.2, 0.25) is 0 Å². The molecule has 2 aliphatic heterocycles. The van der Waals surface area contributed by atoms with Gasteiger partial charge in [0.25, 0.3) is 0 Å². The van der Waals surface area contributed by atoms with Crippen molar-refractivity contribution >= 4 is 17.6 Å². The van der Waals surface area contributed by atoms with E-state index in [0.29, 0.717) is 6.61 Å². The monoisotopic (exact) mass is 393 g/mol. The molecule has 1 aromatic carbocycles. The highest BCUT2D eigenvalue weighted by atomic mass is 32.2. The van der Waals surface area contributed by atoms with Gasteiger partial charge in [0.05, 0.1) is 17.8 Å². The van der Waals surface area contributed by atoms with Crippen molar-refractivity contribution in [1.82, 2.24) is 4.98 Å². The number of ether oxygens (including phenoxy) is 1. The fourth-order valence-electron chi connectivity index (χ4n) is 4.05. The van der Waals surface area contributed by atoms with E-state index < -0.39 is 0 Å². The fraction of sp³-hybridized carbons (Fsp3) is 0.478. The molecule has 1 saturated heterocycles. The van der Waals surface area contributed by atoms with Gasteiger partial charge >= 0.3 is 0 Å². The fourth-order valence-corrected chi connectivity index (χ4v) is 5.04. The van der Waals surface area contributed by atoms with Crippen LogP contribution in [0.4, 0.5) is 5.82 Å². The number of pyridine rings is 1. The molecular weight excluding hydrogens is 366 g/mol. The first-order chi connectivity index (χ1) is 13.6. The number of rotatable bonds is 5. The number of fused-ring (bicyclic) bond motifs is 1. The van der Waals surface area contributed by atoms with Crippen molar-refractivity contribution in [3.05, 3.63) is 52.6 Å². The van der Waals surface area contributed by atoms with E-state index in [9.17, 15) is 5.26 Å². The molecule has 3 heterocycles. The molecule has 0 radical (unpaired) electrons. The van der Waals surface area contributed by atoms with Gasteiger partial charge in [0.15, 0.2) is 0 Å². The van der Waals surface area contributed by atoms with Crippen LogP contribution in [-0.4, -0.2) is 29.4 Å². The molecule has 5 heteroatoms. The average molecular weight is 394 g/mol. The van der Waals surface area contributed by atoms with E-state index in [2.05, 4.69) is 49.1 Å². The van der Waals surface area contributed by atoms with E-state index in [1.165, 1.54) is 18.4 Å². The number of nitrogens with zero attached hydrogens (tertiary/aromatic N) is 3. The zero-order valence-corrected chi connectivity index (χ0v) is 17.5. The molecule has 2 aromatic rings. The average Bonchev–Trinajstić information content (AvgIpc) is 3.22. The van der Waals surface area contributed by atoms with E-state index >= 15 is 0 Å². The highest BCUT2D eigenvalue weighted by molar-refractivity contribution is 7.99. The van der Waals surface area contributed by atoms with Gasteiger partial charge in [-0.2, -0.15) is 5.26 Å². The zero-order valence-electron chi connectivity index (χ0n) is 16.7. The van der Waals surface area contributed by atoms with Gasteiger partial charge in [0, 0.05) is 30.8 Å². The molecule has 0 amide bonds. The van der Waals surface area contributed by atoms with E-state index in [1.807, 2.05) is 6.07 Å². The lowest BCUT2D eigenvalue weighted by atomic mass is 9.89. The van der Waals surface area contributed by atoms with Crippen molar-refractivity contribution in [2.45, 2.75) is 56.8 Å². The predicted molar refractivity (Wildman–Crippen MR) is 114 cm³/mol. The Kier molecular flexibility index (Phi) is 5.61. The Bertz CT molecular complexity index is 883. The van der Waals surface area contributed by atoms with Gasteiger partial charge in [-0.1, -0.05) is 30.3 Å². The highest BCUT2D eigenvalue weighted by Gasteiger charge is 2.33. The second-order valence-corrected chi connectivity index (χ2v) is 9.27. The van der Waals surface area contributed by atoms with Crippen molar-refractivity contribution in [2.24, 2.45) is 0 Å². The van der Waals surface area contributed by atoms with Gasteiger partial charge in [0.1, 0.15) is 16.9 Å². The Morgan fingerprint density at radius 3 is 2.64 bits per heavy atom. The maximum atomic E-state index is 9.96. The maximum absolute atomic E-state index is 9.96. The number of hydrogen-bond donors (Lipinski definition) is 0. The normalized spacial score (nSPS) is 18.0. The number of anilines is 1. The summed E-state index contributed by atoms with van der Waals surface area (Å²) in [7, 11) is 0. The van der Waals surface area contributed by atoms with Gasteiger partial charge in [-0.05, 0) is 44.2 Å². The maximum Gasteiger partial charge on any atom is 0.135 e. The first-order valence-electron chi connectivity index (χ1n) is 10.1. The summed E-state index contributed by atoms with van der Waals surface area (Å²) in [6, 6.07) is 13.0. The van der Waals surface area contributed by atoms with Crippen LogP contribution in [0.3, 0.4) is 0 Å². The molecule has 1 aromatic heterocycles. The van der Waals surface area contributed by atoms with Crippen LogP contribution in [-0.2, 0) is 24.2 Å². The third kappa shape index (κ3) is 4.04. The second kappa shape index (κ2) is 8.14. The molecule has 28 heavy (non-hydrogen) atoms. The molecular formula is C23H27N3OS. The lowest BCUT2D eigenvalue weighted by Gasteiger charge is -2.35. The van der Waals surface area contributed by atoms with Crippen molar-refractivity contribution in [1.29, 1.82) is 5.26 Å². The summed E-state index contributed by atoms with van der Waals surface area (Å²) < 4.78 is 6.09. The van der Waals surface area contributed by atoms with Gasteiger partial charge in [-0.3, -0.25) is 0 Å². The summed E-state index contributed by atoms with van der Waals surface area (Å²) in [6.45, 7) is 6.85. The molecule has 4 rings (SSSR count). The summed E-state index contributed by atoms with van der Waals surface area (Å²) in [4.78, 5) is 7.38.